The predicted molar refractivity (Wildman–Crippen MR) is 103 cm³/mol. The first-order valence-corrected chi connectivity index (χ1v) is 8.57. The van der Waals surface area contributed by atoms with Crippen LogP contribution in [-0.2, 0) is 9.53 Å². The van der Waals surface area contributed by atoms with Gasteiger partial charge in [-0.1, -0.05) is 0 Å². The van der Waals surface area contributed by atoms with Gasteiger partial charge in [0.2, 0.25) is 5.91 Å². The number of ether oxygens (including phenoxy) is 1. The maximum atomic E-state index is 12.4. The molecule has 1 amide bonds. The Morgan fingerprint density at radius 1 is 1.24 bits per heavy atom. The lowest BCUT2D eigenvalue weighted by Crippen LogP contribution is -2.36. The summed E-state index contributed by atoms with van der Waals surface area (Å²) in [5, 5.41) is 6.36. The summed E-state index contributed by atoms with van der Waals surface area (Å²) >= 11 is 0. The number of halogens is 2. The molecule has 4 rings (SSSR count). The lowest BCUT2D eigenvalue weighted by Gasteiger charge is -2.28. The number of morpholine rings is 1. The minimum Gasteiger partial charge on any atom is -0.378 e. The maximum Gasteiger partial charge on any atom is 0.229 e. The standard InChI is InChI=1S/C17H24N4O2.2ClH/c22-16(14-11-17(14)3-5-18-6-4-17)20-15-2-1-13(12-19-15)21-7-9-23-10-8-21;;/h1-2,12,14,18H,3-11H2,(H,19,20,22);2*1H. The molecule has 2 saturated heterocycles. The van der Waals surface area contributed by atoms with Crippen molar-refractivity contribution < 1.29 is 9.53 Å². The van der Waals surface area contributed by atoms with Crippen LogP contribution in [0.5, 0.6) is 0 Å². The lowest BCUT2D eigenvalue weighted by molar-refractivity contribution is -0.118. The summed E-state index contributed by atoms with van der Waals surface area (Å²) in [6, 6.07) is 3.93. The van der Waals surface area contributed by atoms with E-state index in [4.69, 9.17) is 4.74 Å². The molecule has 1 aromatic rings. The molecule has 0 radical (unpaired) electrons. The van der Waals surface area contributed by atoms with Crippen LogP contribution in [0.4, 0.5) is 11.5 Å². The van der Waals surface area contributed by atoms with E-state index >= 15 is 0 Å². The van der Waals surface area contributed by atoms with E-state index in [2.05, 4.69) is 20.5 Å². The van der Waals surface area contributed by atoms with E-state index in [1.54, 1.807) is 0 Å². The van der Waals surface area contributed by atoms with Crippen molar-refractivity contribution in [3.05, 3.63) is 18.3 Å². The topological polar surface area (TPSA) is 66.5 Å². The van der Waals surface area contributed by atoms with Crippen LogP contribution in [0.3, 0.4) is 0 Å². The second-order valence-electron chi connectivity index (χ2n) is 6.86. The highest BCUT2D eigenvalue weighted by Gasteiger charge is 2.57. The van der Waals surface area contributed by atoms with Crippen molar-refractivity contribution in [1.82, 2.24) is 10.3 Å². The molecular formula is C17H26Cl2N4O2. The maximum absolute atomic E-state index is 12.4. The Morgan fingerprint density at radius 3 is 2.60 bits per heavy atom. The summed E-state index contributed by atoms with van der Waals surface area (Å²) in [5.41, 5.74) is 1.36. The van der Waals surface area contributed by atoms with Crippen molar-refractivity contribution in [3.63, 3.8) is 0 Å². The van der Waals surface area contributed by atoms with E-state index in [1.807, 2.05) is 18.3 Å². The largest absolute Gasteiger partial charge is 0.378 e. The third-order valence-corrected chi connectivity index (χ3v) is 5.48. The van der Waals surface area contributed by atoms with Gasteiger partial charge < -0.3 is 20.3 Å². The molecule has 0 aromatic carbocycles. The molecule has 1 spiro atoms. The van der Waals surface area contributed by atoms with Crippen molar-refractivity contribution in [3.8, 4) is 0 Å². The lowest BCUT2D eigenvalue weighted by atomic mass is 9.92. The highest BCUT2D eigenvalue weighted by Crippen LogP contribution is 2.58. The van der Waals surface area contributed by atoms with Crippen LogP contribution < -0.4 is 15.5 Å². The molecule has 3 aliphatic rings. The van der Waals surface area contributed by atoms with E-state index in [1.165, 1.54) is 0 Å². The van der Waals surface area contributed by atoms with Crippen molar-refractivity contribution in [2.75, 3.05) is 49.6 Å². The van der Waals surface area contributed by atoms with Gasteiger partial charge in [0.1, 0.15) is 5.82 Å². The van der Waals surface area contributed by atoms with Crippen molar-refractivity contribution in [1.29, 1.82) is 0 Å². The fourth-order valence-electron chi connectivity index (χ4n) is 3.88. The Hall–Kier alpha value is -1.08. The number of piperidine rings is 1. The van der Waals surface area contributed by atoms with Gasteiger partial charge in [0, 0.05) is 19.0 Å². The van der Waals surface area contributed by atoms with Crippen LogP contribution in [-0.4, -0.2) is 50.3 Å². The molecule has 1 aromatic heterocycles. The van der Waals surface area contributed by atoms with Gasteiger partial charge in [-0.05, 0) is 49.9 Å². The summed E-state index contributed by atoms with van der Waals surface area (Å²) in [6.07, 6.45) is 5.11. The molecule has 3 heterocycles. The summed E-state index contributed by atoms with van der Waals surface area (Å²) < 4.78 is 5.36. The van der Waals surface area contributed by atoms with Gasteiger partial charge in [-0.25, -0.2) is 4.98 Å². The zero-order chi connectivity index (χ0) is 15.7. The monoisotopic (exact) mass is 388 g/mol. The van der Waals surface area contributed by atoms with Gasteiger partial charge in [0.25, 0.3) is 0 Å². The van der Waals surface area contributed by atoms with Crippen LogP contribution in [0.2, 0.25) is 0 Å². The van der Waals surface area contributed by atoms with E-state index in [9.17, 15) is 4.79 Å². The van der Waals surface area contributed by atoms with Crippen LogP contribution in [0, 0.1) is 11.3 Å². The number of hydrogen-bond acceptors (Lipinski definition) is 5. The number of rotatable bonds is 3. The van der Waals surface area contributed by atoms with E-state index < -0.39 is 0 Å². The SMILES string of the molecule is Cl.Cl.O=C(Nc1ccc(N2CCOCC2)cn1)C1CC12CCNCC2. The van der Waals surface area contributed by atoms with Crippen LogP contribution in [0.1, 0.15) is 19.3 Å². The summed E-state index contributed by atoms with van der Waals surface area (Å²) in [5.74, 6) is 0.965. The Bertz CT molecular complexity index is 573. The van der Waals surface area contributed by atoms with Crippen LogP contribution in [0.15, 0.2) is 18.3 Å². The van der Waals surface area contributed by atoms with Crippen LogP contribution >= 0.6 is 24.8 Å². The summed E-state index contributed by atoms with van der Waals surface area (Å²) in [4.78, 5) is 19.1. The molecule has 0 bridgehead atoms. The number of carbonyl (C=O) groups excluding carboxylic acids is 1. The van der Waals surface area contributed by atoms with Crippen molar-refractivity contribution in [2.45, 2.75) is 19.3 Å². The zero-order valence-corrected chi connectivity index (χ0v) is 15.8. The number of pyridine rings is 1. The molecule has 2 aliphatic heterocycles. The quantitative estimate of drug-likeness (QED) is 0.829. The number of carbonyl (C=O) groups is 1. The first-order valence-electron chi connectivity index (χ1n) is 8.57. The third kappa shape index (κ3) is 4.37. The number of anilines is 2. The first kappa shape index (κ1) is 20.2. The van der Waals surface area contributed by atoms with Crippen LogP contribution in [0.25, 0.3) is 0 Å². The van der Waals surface area contributed by atoms with E-state index in [0.717, 1.165) is 64.3 Å². The van der Waals surface area contributed by atoms with Gasteiger partial charge in [-0.15, -0.1) is 24.8 Å². The van der Waals surface area contributed by atoms with Gasteiger partial charge in [-0.2, -0.15) is 0 Å². The minimum absolute atomic E-state index is 0. The Kier molecular flexibility index (Phi) is 6.91. The molecule has 1 aliphatic carbocycles. The number of amides is 1. The fourth-order valence-corrected chi connectivity index (χ4v) is 3.88. The van der Waals surface area contributed by atoms with Gasteiger partial charge >= 0.3 is 0 Å². The molecule has 3 fully saturated rings. The number of hydrogen-bond donors (Lipinski definition) is 2. The number of nitrogens with zero attached hydrogens (tertiary/aromatic N) is 2. The highest BCUT2D eigenvalue weighted by atomic mass is 35.5. The molecule has 1 unspecified atom stereocenters. The normalized spacial score (nSPS) is 24.0. The molecule has 1 saturated carbocycles. The molecular weight excluding hydrogens is 363 g/mol. The average Bonchev–Trinajstić information content (AvgIpc) is 3.30. The molecule has 2 N–H and O–H groups in total. The highest BCUT2D eigenvalue weighted by molar-refractivity contribution is 5.94. The van der Waals surface area contributed by atoms with Gasteiger partial charge in [0.15, 0.2) is 0 Å². The molecule has 6 nitrogen and oxygen atoms in total. The second-order valence-corrected chi connectivity index (χ2v) is 6.86. The Labute approximate surface area is 160 Å². The van der Waals surface area contributed by atoms with Gasteiger partial charge in [-0.3, -0.25) is 4.79 Å². The fraction of sp³-hybridized carbons (Fsp3) is 0.647. The summed E-state index contributed by atoms with van der Waals surface area (Å²) in [7, 11) is 0. The zero-order valence-electron chi connectivity index (χ0n) is 14.2. The van der Waals surface area contributed by atoms with Gasteiger partial charge in [0.05, 0.1) is 25.1 Å². The van der Waals surface area contributed by atoms with E-state index in [-0.39, 0.29) is 42.1 Å². The number of aromatic nitrogens is 1. The van der Waals surface area contributed by atoms with Crippen molar-refractivity contribution in [2.24, 2.45) is 11.3 Å². The predicted octanol–water partition coefficient (Wildman–Crippen LogP) is 2.09. The molecule has 8 heteroatoms. The molecule has 25 heavy (non-hydrogen) atoms. The minimum atomic E-state index is 0. The molecule has 1 atom stereocenters. The van der Waals surface area contributed by atoms with E-state index in [0.29, 0.717) is 5.82 Å². The third-order valence-electron chi connectivity index (χ3n) is 5.48. The smallest absolute Gasteiger partial charge is 0.229 e. The Balaban J connectivity index is 0.00000113. The average molecular weight is 389 g/mol. The first-order chi connectivity index (χ1) is 11.3. The second kappa shape index (κ2) is 8.54. The number of nitrogens with one attached hydrogen (secondary N) is 2. The Morgan fingerprint density at radius 2 is 1.96 bits per heavy atom. The van der Waals surface area contributed by atoms with Crippen molar-refractivity contribution >= 4 is 42.2 Å². The summed E-state index contributed by atoms with van der Waals surface area (Å²) in [6.45, 7) is 5.39. The molecule has 140 valence electrons.